The Morgan fingerprint density at radius 3 is 2.88 bits per heavy atom. The molecule has 0 radical (unpaired) electrons. The number of thioether (sulfide) groups is 1. The van der Waals surface area contributed by atoms with Crippen LogP contribution >= 0.6 is 11.8 Å². The van der Waals surface area contributed by atoms with Crippen LogP contribution in [0.2, 0.25) is 0 Å². The minimum absolute atomic E-state index is 0.316. The number of benzene rings is 1. The van der Waals surface area contributed by atoms with Crippen molar-refractivity contribution in [1.82, 2.24) is 10.2 Å². The van der Waals surface area contributed by atoms with Crippen molar-refractivity contribution in [2.45, 2.75) is 17.9 Å². The third-order valence-corrected chi connectivity index (χ3v) is 2.80. The maximum atomic E-state index is 13.4. The van der Waals surface area contributed by atoms with E-state index in [0.717, 1.165) is 0 Å². The first-order valence-corrected chi connectivity index (χ1v) is 5.60. The lowest BCUT2D eigenvalue weighted by Crippen LogP contribution is -1.91. The number of halogens is 1. The minimum Gasteiger partial charge on any atom is -0.416 e. The molecule has 2 aromatic rings. The van der Waals surface area contributed by atoms with Gasteiger partial charge in [0.1, 0.15) is 5.82 Å². The third-order valence-electron chi connectivity index (χ3n) is 1.94. The molecule has 0 bridgehead atoms. The van der Waals surface area contributed by atoms with E-state index in [1.54, 1.807) is 19.1 Å². The van der Waals surface area contributed by atoms with E-state index < -0.39 is 0 Å². The lowest BCUT2D eigenvalue weighted by Gasteiger charge is -2.01. The zero-order valence-corrected chi connectivity index (χ0v) is 9.42. The number of hydrogen-bond acceptors (Lipinski definition) is 5. The molecule has 0 saturated heterocycles. The Morgan fingerprint density at radius 2 is 2.25 bits per heavy atom. The fourth-order valence-corrected chi connectivity index (χ4v) is 1.95. The summed E-state index contributed by atoms with van der Waals surface area (Å²) in [5, 5.41) is 7.93. The molecule has 0 aliphatic heterocycles. The van der Waals surface area contributed by atoms with Gasteiger partial charge in [-0.3, -0.25) is 0 Å². The molecule has 1 heterocycles. The molecule has 0 unspecified atom stereocenters. The second-order valence-corrected chi connectivity index (χ2v) is 4.15. The van der Waals surface area contributed by atoms with Gasteiger partial charge in [-0.25, -0.2) is 4.39 Å². The van der Waals surface area contributed by atoms with Crippen LogP contribution in [-0.2, 0) is 5.75 Å². The van der Waals surface area contributed by atoms with E-state index in [4.69, 9.17) is 10.2 Å². The summed E-state index contributed by atoms with van der Waals surface area (Å²) in [4.78, 5) is 0. The highest BCUT2D eigenvalue weighted by Crippen LogP contribution is 2.23. The molecule has 0 saturated carbocycles. The number of aromatic nitrogens is 2. The Balaban J connectivity index is 2.04. The molecule has 1 aromatic carbocycles. The normalized spacial score (nSPS) is 10.6. The maximum Gasteiger partial charge on any atom is 0.276 e. The van der Waals surface area contributed by atoms with Crippen LogP contribution in [0.25, 0.3) is 0 Å². The van der Waals surface area contributed by atoms with Crippen molar-refractivity contribution < 1.29 is 8.81 Å². The molecular formula is C10H10FN3OS. The van der Waals surface area contributed by atoms with Crippen LogP contribution in [-0.4, -0.2) is 10.2 Å². The Morgan fingerprint density at radius 1 is 1.44 bits per heavy atom. The van der Waals surface area contributed by atoms with Crippen LogP contribution in [0.3, 0.4) is 0 Å². The lowest BCUT2D eigenvalue weighted by atomic mass is 10.2. The molecule has 0 aliphatic carbocycles. The molecule has 0 fully saturated rings. The summed E-state index contributed by atoms with van der Waals surface area (Å²) in [7, 11) is 0. The van der Waals surface area contributed by atoms with E-state index in [2.05, 4.69) is 10.2 Å². The quantitative estimate of drug-likeness (QED) is 0.658. The summed E-state index contributed by atoms with van der Waals surface area (Å²) in [5.74, 6) is 0.623. The van der Waals surface area contributed by atoms with Crippen LogP contribution in [0, 0.1) is 12.7 Å². The van der Waals surface area contributed by atoms with E-state index >= 15 is 0 Å². The lowest BCUT2D eigenvalue weighted by molar-refractivity contribution is 0.429. The summed E-state index contributed by atoms with van der Waals surface area (Å²) >= 11 is 1.29. The number of rotatable bonds is 3. The highest BCUT2D eigenvalue weighted by molar-refractivity contribution is 7.98. The summed E-state index contributed by atoms with van der Waals surface area (Å²) in [6, 6.07) is 4.62. The minimum atomic E-state index is -0.316. The van der Waals surface area contributed by atoms with Gasteiger partial charge in [-0.15, -0.1) is 10.2 Å². The molecule has 16 heavy (non-hydrogen) atoms. The Kier molecular flexibility index (Phi) is 3.09. The van der Waals surface area contributed by atoms with Crippen LogP contribution in [0.15, 0.2) is 27.8 Å². The zero-order valence-electron chi connectivity index (χ0n) is 8.61. The first-order valence-electron chi connectivity index (χ1n) is 4.62. The smallest absolute Gasteiger partial charge is 0.276 e. The van der Waals surface area contributed by atoms with Crippen LogP contribution in [0.1, 0.15) is 11.5 Å². The Labute approximate surface area is 96.0 Å². The largest absolute Gasteiger partial charge is 0.416 e. The molecule has 6 heteroatoms. The number of hydrogen-bond donors (Lipinski definition) is 1. The summed E-state index contributed by atoms with van der Waals surface area (Å²) in [5.41, 5.74) is 6.43. The van der Waals surface area contributed by atoms with Gasteiger partial charge in [0.05, 0.1) is 0 Å². The molecule has 2 rings (SSSR count). The molecule has 0 amide bonds. The molecule has 0 atom stereocenters. The van der Waals surface area contributed by atoms with E-state index in [0.29, 0.717) is 28.1 Å². The number of anilines is 1. The van der Waals surface area contributed by atoms with Crippen molar-refractivity contribution in [3.8, 4) is 0 Å². The fourth-order valence-electron chi connectivity index (χ4n) is 1.16. The first kappa shape index (κ1) is 10.9. The number of nitrogens with zero attached hydrogens (tertiary/aromatic N) is 2. The highest BCUT2D eigenvalue weighted by atomic mass is 32.2. The van der Waals surface area contributed by atoms with Gasteiger partial charge >= 0.3 is 0 Å². The Bertz CT molecular complexity index is 501. The number of nitrogen functional groups attached to an aromatic ring is 1. The number of nitrogens with two attached hydrogens (primary N) is 1. The molecule has 2 N–H and O–H groups in total. The Hall–Kier alpha value is -1.56. The summed E-state index contributed by atoms with van der Waals surface area (Å²) in [6.45, 7) is 1.71. The highest BCUT2D eigenvalue weighted by Gasteiger charge is 2.07. The fraction of sp³-hybridized carbons (Fsp3) is 0.200. The van der Waals surface area contributed by atoms with Crippen molar-refractivity contribution in [3.63, 3.8) is 0 Å². The molecule has 1 aromatic heterocycles. The maximum absolute atomic E-state index is 13.4. The van der Waals surface area contributed by atoms with Gasteiger partial charge in [0, 0.05) is 18.4 Å². The van der Waals surface area contributed by atoms with E-state index in [1.807, 2.05) is 0 Å². The van der Waals surface area contributed by atoms with E-state index in [9.17, 15) is 4.39 Å². The topological polar surface area (TPSA) is 64.9 Å². The van der Waals surface area contributed by atoms with E-state index in [-0.39, 0.29) is 5.82 Å². The molecule has 0 spiro atoms. The number of aryl methyl sites for hydroxylation is 1. The van der Waals surface area contributed by atoms with Crippen molar-refractivity contribution in [1.29, 1.82) is 0 Å². The predicted molar refractivity (Wildman–Crippen MR) is 59.4 cm³/mol. The first-order chi connectivity index (χ1) is 7.65. The zero-order chi connectivity index (χ0) is 11.5. The molecular weight excluding hydrogens is 229 g/mol. The van der Waals surface area contributed by atoms with Crippen molar-refractivity contribution >= 4 is 17.4 Å². The average molecular weight is 239 g/mol. The molecule has 4 nitrogen and oxygen atoms in total. The van der Waals surface area contributed by atoms with Gasteiger partial charge in [0.25, 0.3) is 5.22 Å². The van der Waals surface area contributed by atoms with Crippen molar-refractivity contribution in [2.24, 2.45) is 0 Å². The second kappa shape index (κ2) is 4.52. The average Bonchev–Trinajstić information content (AvgIpc) is 2.63. The molecule has 0 aliphatic rings. The van der Waals surface area contributed by atoms with Crippen LogP contribution in [0.4, 0.5) is 10.1 Å². The van der Waals surface area contributed by atoms with Gasteiger partial charge in [0.15, 0.2) is 0 Å². The SMILES string of the molecule is Cc1nnc(SCc2ccc(N)cc2F)o1. The van der Waals surface area contributed by atoms with E-state index in [1.165, 1.54) is 17.8 Å². The van der Waals surface area contributed by atoms with Crippen molar-refractivity contribution in [3.05, 3.63) is 35.5 Å². The third kappa shape index (κ3) is 2.52. The summed E-state index contributed by atoms with van der Waals surface area (Å²) < 4.78 is 18.6. The van der Waals surface area contributed by atoms with Crippen LogP contribution < -0.4 is 5.73 Å². The van der Waals surface area contributed by atoms with Gasteiger partial charge in [-0.1, -0.05) is 17.8 Å². The van der Waals surface area contributed by atoms with Crippen molar-refractivity contribution in [2.75, 3.05) is 5.73 Å². The second-order valence-electron chi connectivity index (χ2n) is 3.23. The predicted octanol–water partition coefficient (Wildman–Crippen LogP) is 2.39. The van der Waals surface area contributed by atoms with Crippen LogP contribution in [0.5, 0.6) is 0 Å². The molecule has 84 valence electrons. The van der Waals surface area contributed by atoms with Gasteiger partial charge < -0.3 is 10.2 Å². The summed E-state index contributed by atoms with van der Waals surface area (Å²) in [6.07, 6.45) is 0. The van der Waals surface area contributed by atoms with Gasteiger partial charge in [-0.2, -0.15) is 0 Å². The standard InChI is InChI=1S/C10H10FN3OS/c1-6-13-14-10(15-6)16-5-7-2-3-8(12)4-9(7)11/h2-4H,5,12H2,1H3. The van der Waals surface area contributed by atoms with Gasteiger partial charge in [0.2, 0.25) is 5.89 Å². The monoisotopic (exact) mass is 239 g/mol. The van der Waals surface area contributed by atoms with Gasteiger partial charge in [-0.05, 0) is 17.7 Å².